The quantitative estimate of drug-likeness (QED) is 0.466. The van der Waals surface area contributed by atoms with Crippen LogP contribution in [0.25, 0.3) is 0 Å². The van der Waals surface area contributed by atoms with E-state index in [-0.39, 0.29) is 10.6 Å². The molecular weight excluding hydrogens is 234 g/mol. The highest BCUT2D eigenvalue weighted by Gasteiger charge is 2.15. The second kappa shape index (κ2) is 4.37. The molecule has 1 aromatic rings. The zero-order chi connectivity index (χ0) is 9.84. The topological polar surface area (TPSA) is 43.1 Å². The van der Waals surface area contributed by atoms with E-state index in [1.807, 2.05) is 6.07 Å². The van der Waals surface area contributed by atoms with E-state index >= 15 is 0 Å². The standard InChI is InChI=1S/C9H10BrNO2/c1-7-3-2-4-8(5-6-10)9(7)11(12)13/h2-4H,5-6H2,1H3. The van der Waals surface area contributed by atoms with Crippen LogP contribution in [0, 0.1) is 17.0 Å². The third-order valence-electron chi connectivity index (χ3n) is 1.87. The number of halogens is 1. The first-order valence-electron chi connectivity index (χ1n) is 3.95. The summed E-state index contributed by atoms with van der Waals surface area (Å²) < 4.78 is 0. The van der Waals surface area contributed by atoms with Gasteiger partial charge in [0.15, 0.2) is 0 Å². The Kier molecular flexibility index (Phi) is 3.42. The second-order valence-electron chi connectivity index (χ2n) is 2.78. The molecule has 0 saturated carbocycles. The van der Waals surface area contributed by atoms with Crippen molar-refractivity contribution in [2.24, 2.45) is 0 Å². The number of rotatable bonds is 3. The van der Waals surface area contributed by atoms with Gasteiger partial charge in [0.1, 0.15) is 0 Å². The molecule has 0 aromatic heterocycles. The maximum atomic E-state index is 10.7. The van der Waals surface area contributed by atoms with Crippen molar-refractivity contribution in [3.63, 3.8) is 0 Å². The lowest BCUT2D eigenvalue weighted by atomic mass is 10.1. The summed E-state index contributed by atoms with van der Waals surface area (Å²) in [6.45, 7) is 1.76. The summed E-state index contributed by atoms with van der Waals surface area (Å²) in [5.74, 6) is 0. The average Bonchev–Trinajstić information content (AvgIpc) is 2.04. The van der Waals surface area contributed by atoms with Crippen LogP contribution in [0.3, 0.4) is 0 Å². The van der Waals surface area contributed by atoms with Crippen LogP contribution in [0.2, 0.25) is 0 Å². The van der Waals surface area contributed by atoms with Gasteiger partial charge in [0, 0.05) is 16.5 Å². The van der Waals surface area contributed by atoms with E-state index in [1.54, 1.807) is 19.1 Å². The molecule has 1 aromatic carbocycles. The molecule has 0 aliphatic heterocycles. The molecular formula is C9H10BrNO2. The molecule has 0 fully saturated rings. The Hall–Kier alpha value is -0.900. The third kappa shape index (κ3) is 2.28. The van der Waals surface area contributed by atoms with Gasteiger partial charge in [-0.05, 0) is 13.3 Å². The fraction of sp³-hybridized carbons (Fsp3) is 0.333. The van der Waals surface area contributed by atoms with Gasteiger partial charge in [0.25, 0.3) is 5.69 Å². The lowest BCUT2D eigenvalue weighted by molar-refractivity contribution is -0.386. The molecule has 0 bridgehead atoms. The van der Waals surface area contributed by atoms with Crippen LogP contribution >= 0.6 is 15.9 Å². The summed E-state index contributed by atoms with van der Waals surface area (Å²) in [6.07, 6.45) is 0.692. The molecule has 13 heavy (non-hydrogen) atoms. The Morgan fingerprint density at radius 1 is 1.54 bits per heavy atom. The van der Waals surface area contributed by atoms with Gasteiger partial charge >= 0.3 is 0 Å². The molecule has 0 spiro atoms. The number of hydrogen-bond donors (Lipinski definition) is 0. The van der Waals surface area contributed by atoms with Gasteiger partial charge in [-0.2, -0.15) is 0 Å². The van der Waals surface area contributed by atoms with Crippen LogP contribution in [0.4, 0.5) is 5.69 Å². The van der Waals surface area contributed by atoms with Gasteiger partial charge in [-0.15, -0.1) is 0 Å². The largest absolute Gasteiger partial charge is 0.275 e. The van der Waals surface area contributed by atoms with E-state index in [4.69, 9.17) is 0 Å². The monoisotopic (exact) mass is 243 g/mol. The molecule has 0 unspecified atom stereocenters. The third-order valence-corrected chi connectivity index (χ3v) is 2.26. The van der Waals surface area contributed by atoms with Crippen molar-refractivity contribution in [2.45, 2.75) is 13.3 Å². The number of nitro groups is 1. The van der Waals surface area contributed by atoms with Gasteiger partial charge < -0.3 is 0 Å². The van der Waals surface area contributed by atoms with Crippen LogP contribution in [0.15, 0.2) is 18.2 Å². The summed E-state index contributed by atoms with van der Waals surface area (Å²) in [7, 11) is 0. The molecule has 1 rings (SSSR count). The number of para-hydroxylation sites is 1. The van der Waals surface area contributed by atoms with E-state index in [2.05, 4.69) is 15.9 Å². The molecule has 0 radical (unpaired) electrons. The first kappa shape index (κ1) is 10.2. The number of alkyl halides is 1. The second-order valence-corrected chi connectivity index (χ2v) is 3.57. The van der Waals surface area contributed by atoms with E-state index in [0.29, 0.717) is 6.42 Å². The van der Waals surface area contributed by atoms with Crippen LogP contribution < -0.4 is 0 Å². The smallest absolute Gasteiger partial charge is 0.258 e. The number of nitrogens with zero attached hydrogens (tertiary/aromatic N) is 1. The van der Waals surface area contributed by atoms with Gasteiger partial charge in [0.2, 0.25) is 0 Å². The predicted molar refractivity (Wildman–Crippen MR) is 55.3 cm³/mol. The molecule has 0 heterocycles. The molecule has 0 saturated heterocycles. The van der Waals surface area contributed by atoms with Gasteiger partial charge in [0.05, 0.1) is 4.92 Å². The Bertz CT molecular complexity index is 325. The fourth-order valence-electron chi connectivity index (χ4n) is 1.28. The normalized spacial score (nSPS) is 10.0. The first-order valence-corrected chi connectivity index (χ1v) is 5.08. The number of hydrogen-bond acceptors (Lipinski definition) is 2. The first-order chi connectivity index (χ1) is 6.16. The maximum Gasteiger partial charge on any atom is 0.275 e. The molecule has 0 atom stereocenters. The highest BCUT2D eigenvalue weighted by molar-refractivity contribution is 9.09. The van der Waals surface area contributed by atoms with Crippen molar-refractivity contribution >= 4 is 21.6 Å². The highest BCUT2D eigenvalue weighted by Crippen LogP contribution is 2.23. The summed E-state index contributed by atoms with van der Waals surface area (Å²) >= 11 is 3.27. The van der Waals surface area contributed by atoms with E-state index in [1.165, 1.54) is 0 Å². The Balaban J connectivity index is 3.17. The molecule has 3 nitrogen and oxygen atoms in total. The van der Waals surface area contributed by atoms with Gasteiger partial charge in [-0.3, -0.25) is 10.1 Å². The number of benzene rings is 1. The van der Waals surface area contributed by atoms with Crippen molar-refractivity contribution in [1.29, 1.82) is 0 Å². The molecule has 0 aliphatic carbocycles. The molecule has 0 aliphatic rings. The number of aryl methyl sites for hydroxylation is 2. The highest BCUT2D eigenvalue weighted by atomic mass is 79.9. The predicted octanol–water partition coefficient (Wildman–Crippen LogP) is 2.84. The molecule has 4 heteroatoms. The van der Waals surface area contributed by atoms with Crippen LogP contribution in [-0.4, -0.2) is 10.3 Å². The van der Waals surface area contributed by atoms with Crippen molar-refractivity contribution in [1.82, 2.24) is 0 Å². The summed E-state index contributed by atoms with van der Waals surface area (Å²) in [5, 5.41) is 11.5. The van der Waals surface area contributed by atoms with Crippen molar-refractivity contribution < 1.29 is 4.92 Å². The lowest BCUT2D eigenvalue weighted by Gasteiger charge is -2.02. The summed E-state index contributed by atoms with van der Waals surface area (Å²) in [5.41, 5.74) is 1.77. The Morgan fingerprint density at radius 2 is 2.23 bits per heavy atom. The Morgan fingerprint density at radius 3 is 2.77 bits per heavy atom. The number of nitro benzene ring substituents is 1. The zero-order valence-corrected chi connectivity index (χ0v) is 8.87. The minimum absolute atomic E-state index is 0.252. The van der Waals surface area contributed by atoms with Gasteiger partial charge in [-0.1, -0.05) is 34.1 Å². The molecule has 70 valence electrons. The maximum absolute atomic E-state index is 10.7. The van der Waals surface area contributed by atoms with E-state index in [0.717, 1.165) is 16.5 Å². The lowest BCUT2D eigenvalue weighted by Crippen LogP contribution is -1.98. The minimum Gasteiger partial charge on any atom is -0.258 e. The van der Waals surface area contributed by atoms with E-state index < -0.39 is 0 Å². The zero-order valence-electron chi connectivity index (χ0n) is 7.29. The van der Waals surface area contributed by atoms with Crippen LogP contribution in [-0.2, 0) is 6.42 Å². The average molecular weight is 244 g/mol. The van der Waals surface area contributed by atoms with Gasteiger partial charge in [-0.25, -0.2) is 0 Å². The van der Waals surface area contributed by atoms with Crippen LogP contribution in [0.1, 0.15) is 11.1 Å². The molecule has 0 amide bonds. The fourth-order valence-corrected chi connectivity index (χ4v) is 1.71. The molecule has 0 N–H and O–H groups in total. The van der Waals surface area contributed by atoms with Crippen molar-refractivity contribution in [2.75, 3.05) is 5.33 Å². The SMILES string of the molecule is Cc1cccc(CCBr)c1[N+](=O)[O-]. The van der Waals surface area contributed by atoms with Crippen LogP contribution in [0.5, 0.6) is 0 Å². The summed E-state index contributed by atoms with van der Waals surface area (Å²) in [4.78, 5) is 10.4. The van der Waals surface area contributed by atoms with Crippen molar-refractivity contribution in [3.05, 3.63) is 39.4 Å². The summed E-state index contributed by atoms with van der Waals surface area (Å²) in [6, 6.07) is 5.41. The Labute approximate surface area is 85.0 Å². The van der Waals surface area contributed by atoms with Crippen molar-refractivity contribution in [3.8, 4) is 0 Å². The minimum atomic E-state index is -0.312. The van der Waals surface area contributed by atoms with E-state index in [9.17, 15) is 10.1 Å².